The molecular formula is C26H26N6O3. The van der Waals surface area contributed by atoms with Crippen LogP contribution < -0.4 is 14.4 Å². The van der Waals surface area contributed by atoms with Gasteiger partial charge in [-0.2, -0.15) is 5.10 Å². The maximum Gasteiger partial charge on any atom is 0.254 e. The molecule has 0 radical (unpaired) electrons. The smallest absolute Gasteiger partial charge is 0.254 e. The Morgan fingerprint density at radius 3 is 2.51 bits per heavy atom. The lowest BCUT2D eigenvalue weighted by molar-refractivity contribution is 0.0746. The Bertz CT molecular complexity index is 1410. The zero-order valence-corrected chi connectivity index (χ0v) is 19.8. The van der Waals surface area contributed by atoms with Crippen LogP contribution in [-0.4, -0.2) is 63.5 Å². The fraction of sp³-hybridized carbons (Fsp3) is 0.308. The molecule has 0 aliphatic carbocycles. The number of carbonyl (C=O) groups excluding carboxylic acids is 1. The van der Waals surface area contributed by atoms with Crippen LogP contribution in [-0.2, 0) is 6.42 Å². The van der Waals surface area contributed by atoms with Gasteiger partial charge in [0.15, 0.2) is 17.1 Å². The molecule has 0 spiro atoms. The Hall–Kier alpha value is -4.14. The SMILES string of the molecule is CCc1nc(N2CCN(C(=O)c3ccc4c(c3)OCO4)CC2)c2cnn(-c3ccc(C)cc3)c2n1. The van der Waals surface area contributed by atoms with Crippen LogP contribution in [0.25, 0.3) is 16.7 Å². The monoisotopic (exact) mass is 470 g/mol. The standard InChI is InChI=1S/C26H26N6O3/c1-3-23-28-24(20-15-27-32(25(20)29-23)19-7-4-17(2)5-8-19)30-10-12-31(13-11-30)26(33)18-6-9-21-22(14-18)35-16-34-21/h4-9,14-15H,3,10-13,16H2,1-2H3. The van der Waals surface area contributed by atoms with E-state index in [-0.39, 0.29) is 12.7 Å². The number of anilines is 1. The average Bonchev–Trinajstić information content (AvgIpc) is 3.55. The first-order valence-corrected chi connectivity index (χ1v) is 11.9. The molecule has 0 atom stereocenters. The number of carbonyl (C=O) groups is 1. The van der Waals surface area contributed by atoms with E-state index in [1.54, 1.807) is 18.2 Å². The number of hydrogen-bond acceptors (Lipinski definition) is 7. The number of nitrogens with zero attached hydrogens (tertiary/aromatic N) is 6. The Labute approximate surface area is 202 Å². The van der Waals surface area contributed by atoms with Crippen molar-refractivity contribution in [1.29, 1.82) is 0 Å². The van der Waals surface area contributed by atoms with E-state index in [0.29, 0.717) is 43.2 Å². The summed E-state index contributed by atoms with van der Waals surface area (Å²) in [5.74, 6) is 2.95. The van der Waals surface area contributed by atoms with E-state index in [2.05, 4.69) is 48.1 Å². The number of benzene rings is 2. The van der Waals surface area contributed by atoms with Gasteiger partial charge in [-0.3, -0.25) is 4.79 Å². The summed E-state index contributed by atoms with van der Waals surface area (Å²) in [6.45, 7) is 6.89. The third kappa shape index (κ3) is 3.82. The summed E-state index contributed by atoms with van der Waals surface area (Å²) in [6.07, 6.45) is 2.57. The minimum atomic E-state index is -0.00257. The van der Waals surface area contributed by atoms with Gasteiger partial charge in [0.2, 0.25) is 6.79 Å². The summed E-state index contributed by atoms with van der Waals surface area (Å²) < 4.78 is 12.7. The molecule has 0 bridgehead atoms. The Balaban J connectivity index is 1.25. The number of rotatable bonds is 4. The molecule has 2 aliphatic heterocycles. The normalized spacial score (nSPS) is 15.1. The molecule has 1 amide bonds. The van der Waals surface area contributed by atoms with E-state index in [9.17, 15) is 4.79 Å². The first kappa shape index (κ1) is 21.4. The number of piperazine rings is 1. The van der Waals surface area contributed by atoms with E-state index >= 15 is 0 Å². The van der Waals surface area contributed by atoms with E-state index in [1.807, 2.05) is 15.8 Å². The molecule has 2 aromatic heterocycles. The zero-order valence-electron chi connectivity index (χ0n) is 19.8. The maximum absolute atomic E-state index is 13.1. The molecule has 4 aromatic rings. The highest BCUT2D eigenvalue weighted by molar-refractivity contribution is 5.95. The maximum atomic E-state index is 13.1. The lowest BCUT2D eigenvalue weighted by Gasteiger charge is -2.35. The van der Waals surface area contributed by atoms with Crippen molar-refractivity contribution in [2.24, 2.45) is 0 Å². The molecule has 0 unspecified atom stereocenters. The van der Waals surface area contributed by atoms with E-state index in [1.165, 1.54) is 5.56 Å². The molecule has 0 saturated carbocycles. The number of hydrogen-bond donors (Lipinski definition) is 0. The number of ether oxygens (including phenoxy) is 2. The molecule has 4 heterocycles. The summed E-state index contributed by atoms with van der Waals surface area (Å²) in [6, 6.07) is 13.6. The van der Waals surface area contributed by atoms with Gasteiger partial charge in [0.25, 0.3) is 5.91 Å². The van der Waals surface area contributed by atoms with Crippen LogP contribution in [0.15, 0.2) is 48.7 Å². The highest BCUT2D eigenvalue weighted by atomic mass is 16.7. The van der Waals surface area contributed by atoms with Crippen LogP contribution >= 0.6 is 0 Å². The molecule has 178 valence electrons. The van der Waals surface area contributed by atoms with Gasteiger partial charge >= 0.3 is 0 Å². The van der Waals surface area contributed by atoms with Gasteiger partial charge in [-0.15, -0.1) is 0 Å². The highest BCUT2D eigenvalue weighted by Gasteiger charge is 2.26. The van der Waals surface area contributed by atoms with Crippen LogP contribution in [0.2, 0.25) is 0 Å². The summed E-state index contributed by atoms with van der Waals surface area (Å²) in [5.41, 5.74) is 3.58. The van der Waals surface area contributed by atoms with Crippen LogP contribution in [0, 0.1) is 6.92 Å². The predicted molar refractivity (Wildman–Crippen MR) is 131 cm³/mol. The van der Waals surface area contributed by atoms with Crippen molar-refractivity contribution in [2.45, 2.75) is 20.3 Å². The average molecular weight is 471 g/mol. The highest BCUT2D eigenvalue weighted by Crippen LogP contribution is 2.33. The third-order valence-electron chi connectivity index (χ3n) is 6.54. The molecule has 9 nitrogen and oxygen atoms in total. The Morgan fingerprint density at radius 2 is 1.74 bits per heavy atom. The van der Waals surface area contributed by atoms with E-state index in [0.717, 1.165) is 34.8 Å². The van der Waals surface area contributed by atoms with Gasteiger partial charge in [0.1, 0.15) is 11.6 Å². The van der Waals surface area contributed by atoms with Gasteiger partial charge in [0, 0.05) is 38.2 Å². The second-order valence-corrected chi connectivity index (χ2v) is 8.79. The van der Waals surface area contributed by atoms with E-state index in [4.69, 9.17) is 19.4 Å². The van der Waals surface area contributed by atoms with Gasteiger partial charge in [-0.1, -0.05) is 24.6 Å². The topological polar surface area (TPSA) is 85.6 Å². The first-order valence-electron chi connectivity index (χ1n) is 11.9. The minimum absolute atomic E-state index is 0.00257. The number of fused-ring (bicyclic) bond motifs is 2. The van der Waals surface area contributed by atoms with Crippen molar-refractivity contribution in [3.63, 3.8) is 0 Å². The van der Waals surface area contributed by atoms with Gasteiger partial charge in [-0.05, 0) is 37.3 Å². The largest absolute Gasteiger partial charge is 0.454 e. The van der Waals surface area contributed by atoms with Crippen LogP contribution in [0.3, 0.4) is 0 Å². The van der Waals surface area contributed by atoms with Gasteiger partial charge < -0.3 is 19.3 Å². The summed E-state index contributed by atoms with van der Waals surface area (Å²) in [4.78, 5) is 26.9. The first-order chi connectivity index (χ1) is 17.1. The number of aromatic nitrogens is 4. The van der Waals surface area contributed by atoms with Crippen molar-refractivity contribution in [3.05, 3.63) is 65.6 Å². The fourth-order valence-electron chi connectivity index (χ4n) is 4.54. The molecule has 9 heteroatoms. The fourth-order valence-corrected chi connectivity index (χ4v) is 4.54. The lowest BCUT2D eigenvalue weighted by atomic mass is 10.1. The molecule has 2 aliphatic rings. The molecule has 1 fully saturated rings. The summed E-state index contributed by atoms with van der Waals surface area (Å²) >= 11 is 0. The second-order valence-electron chi connectivity index (χ2n) is 8.79. The van der Waals surface area contributed by atoms with Crippen molar-refractivity contribution < 1.29 is 14.3 Å². The molecule has 35 heavy (non-hydrogen) atoms. The Kier molecular flexibility index (Phi) is 5.24. The van der Waals surface area contributed by atoms with Crippen LogP contribution in [0.1, 0.15) is 28.7 Å². The van der Waals surface area contributed by atoms with Crippen molar-refractivity contribution in [3.8, 4) is 17.2 Å². The van der Waals surface area contributed by atoms with Crippen molar-refractivity contribution >= 4 is 22.8 Å². The minimum Gasteiger partial charge on any atom is -0.454 e. The van der Waals surface area contributed by atoms with E-state index < -0.39 is 0 Å². The molecule has 0 N–H and O–H groups in total. The Morgan fingerprint density at radius 1 is 0.971 bits per heavy atom. The van der Waals surface area contributed by atoms with Crippen LogP contribution in [0.4, 0.5) is 5.82 Å². The van der Waals surface area contributed by atoms with Gasteiger partial charge in [-0.25, -0.2) is 14.6 Å². The lowest BCUT2D eigenvalue weighted by Crippen LogP contribution is -2.49. The molecule has 1 saturated heterocycles. The summed E-state index contributed by atoms with van der Waals surface area (Å²) in [5, 5.41) is 5.55. The van der Waals surface area contributed by atoms with Crippen molar-refractivity contribution in [2.75, 3.05) is 37.9 Å². The van der Waals surface area contributed by atoms with Crippen molar-refractivity contribution in [1.82, 2.24) is 24.6 Å². The number of aryl methyl sites for hydroxylation is 2. The van der Waals surface area contributed by atoms with Crippen LogP contribution in [0.5, 0.6) is 11.5 Å². The second kappa shape index (κ2) is 8.57. The summed E-state index contributed by atoms with van der Waals surface area (Å²) in [7, 11) is 0. The quantitative estimate of drug-likeness (QED) is 0.452. The van der Waals surface area contributed by atoms with Gasteiger partial charge in [0.05, 0.1) is 17.3 Å². The zero-order chi connectivity index (χ0) is 23.9. The third-order valence-corrected chi connectivity index (χ3v) is 6.54. The number of amides is 1. The molecule has 6 rings (SSSR count). The molecular weight excluding hydrogens is 444 g/mol. The predicted octanol–water partition coefficient (Wildman–Crippen LogP) is 3.38. The molecule has 2 aromatic carbocycles.